The number of Topliss-reactive ketones (excluding diaryl/α,β-unsaturated/α-hetero) is 1. The molecule has 0 aliphatic heterocycles. The normalized spacial score (nSPS) is 10.4. The molecule has 0 atom stereocenters. The molecule has 3 aromatic rings. The molecule has 2 nitrogen and oxygen atoms in total. The van der Waals surface area contributed by atoms with Crippen molar-refractivity contribution in [2.75, 3.05) is 0 Å². The smallest absolute Gasteiger partial charge is 0.207 e. The van der Waals surface area contributed by atoms with Crippen LogP contribution in [0.2, 0.25) is 0 Å². The Hall–Kier alpha value is -2.26. The van der Waals surface area contributed by atoms with Crippen LogP contribution < -0.4 is 21.5 Å². The zero-order chi connectivity index (χ0) is 18.7. The third-order valence-electron chi connectivity index (χ3n) is 5.15. The number of carbonyl (C=O) groups excluding carboxylic acids is 1. The second-order valence-corrected chi connectivity index (χ2v) is 7.01. The summed E-state index contributed by atoms with van der Waals surface area (Å²) in [6, 6.07) is 20.8. The molecule has 3 heteroatoms. The van der Waals surface area contributed by atoms with Crippen LogP contribution in [0.4, 0.5) is 0 Å². The summed E-state index contributed by atoms with van der Waals surface area (Å²) < 4.78 is 2.14. The highest BCUT2D eigenvalue weighted by Crippen LogP contribution is 2.21. The van der Waals surface area contributed by atoms with Gasteiger partial charge in [0.2, 0.25) is 12.3 Å². The number of aryl methyl sites for hydroxylation is 3. The van der Waals surface area contributed by atoms with Crippen molar-refractivity contribution in [3.63, 3.8) is 0 Å². The third kappa shape index (κ3) is 4.72. The number of rotatable bonds is 5. The minimum absolute atomic E-state index is 0. The lowest BCUT2D eigenvalue weighted by molar-refractivity contribution is -0.695. The number of pyridine rings is 1. The number of aromatic nitrogens is 1. The van der Waals surface area contributed by atoms with Gasteiger partial charge < -0.3 is 17.0 Å². The molecular formula is C24H26BrNO. The van der Waals surface area contributed by atoms with Crippen LogP contribution in [0.25, 0.3) is 11.1 Å². The van der Waals surface area contributed by atoms with Crippen LogP contribution in [0, 0.1) is 27.7 Å². The Morgan fingerprint density at radius 2 is 1.44 bits per heavy atom. The van der Waals surface area contributed by atoms with E-state index in [4.69, 9.17) is 0 Å². The Bertz CT molecular complexity index is 928. The van der Waals surface area contributed by atoms with E-state index in [1.807, 2.05) is 24.3 Å². The number of carbonyl (C=O) groups is 1. The first-order chi connectivity index (χ1) is 12.5. The molecule has 27 heavy (non-hydrogen) atoms. The van der Waals surface area contributed by atoms with Crippen molar-refractivity contribution in [3.8, 4) is 11.1 Å². The van der Waals surface area contributed by atoms with Crippen LogP contribution in [0.15, 0.2) is 60.7 Å². The molecule has 0 radical (unpaired) electrons. The summed E-state index contributed by atoms with van der Waals surface area (Å²) in [5.41, 5.74) is 8.14. The van der Waals surface area contributed by atoms with Gasteiger partial charge in [-0.2, -0.15) is 4.57 Å². The molecule has 2 aromatic carbocycles. The first-order valence-corrected chi connectivity index (χ1v) is 9.09. The van der Waals surface area contributed by atoms with E-state index in [2.05, 4.69) is 68.7 Å². The molecule has 0 N–H and O–H groups in total. The molecule has 1 heterocycles. The first kappa shape index (κ1) is 21.0. The van der Waals surface area contributed by atoms with Gasteiger partial charge in [-0.25, -0.2) is 0 Å². The van der Waals surface area contributed by atoms with E-state index in [1.54, 1.807) is 0 Å². The Labute approximate surface area is 172 Å². The van der Waals surface area contributed by atoms with E-state index in [1.165, 1.54) is 22.3 Å². The van der Waals surface area contributed by atoms with Crippen molar-refractivity contribution in [2.45, 2.75) is 40.7 Å². The molecule has 0 fully saturated rings. The van der Waals surface area contributed by atoms with Crippen LogP contribution in [-0.4, -0.2) is 5.78 Å². The maximum Gasteiger partial charge on any atom is 0.207 e. The van der Waals surface area contributed by atoms with Crippen molar-refractivity contribution in [2.24, 2.45) is 0 Å². The Morgan fingerprint density at radius 1 is 0.815 bits per heavy atom. The van der Waals surface area contributed by atoms with E-state index in [0.29, 0.717) is 13.0 Å². The number of hydrogen-bond donors (Lipinski definition) is 0. The second kappa shape index (κ2) is 9.09. The van der Waals surface area contributed by atoms with Gasteiger partial charge in [-0.15, -0.1) is 0 Å². The van der Waals surface area contributed by atoms with E-state index in [-0.39, 0.29) is 22.8 Å². The summed E-state index contributed by atoms with van der Waals surface area (Å²) >= 11 is 0. The first-order valence-electron chi connectivity index (χ1n) is 9.09. The molecule has 0 saturated heterocycles. The highest BCUT2D eigenvalue weighted by molar-refractivity contribution is 5.80. The summed E-state index contributed by atoms with van der Waals surface area (Å²) in [6.07, 6.45) is 0.486. The number of benzene rings is 2. The average molecular weight is 424 g/mol. The molecule has 0 bridgehead atoms. The fraction of sp³-hybridized carbons (Fsp3) is 0.250. The monoisotopic (exact) mass is 423 g/mol. The predicted octanol–water partition coefficient (Wildman–Crippen LogP) is 1.69. The Balaban J connectivity index is 0.00000261. The molecule has 0 saturated carbocycles. The topological polar surface area (TPSA) is 20.9 Å². The number of nitrogens with zero attached hydrogens (tertiary/aromatic N) is 1. The van der Waals surface area contributed by atoms with E-state index >= 15 is 0 Å². The summed E-state index contributed by atoms with van der Waals surface area (Å²) in [4.78, 5) is 12.8. The highest BCUT2D eigenvalue weighted by atomic mass is 79.9. The standard InChI is InChI=1S/C24H26NO.BrH/c1-17-9-8-10-18(2)24(17)15-22(26)16-25-19(3)13-14-23(20(25)4)21-11-6-5-7-12-21;/h5-14H,15-16H2,1-4H3;1H/q+1;/p-1. The summed E-state index contributed by atoms with van der Waals surface area (Å²) in [6.45, 7) is 8.73. The van der Waals surface area contributed by atoms with Crippen molar-refractivity contribution in [1.29, 1.82) is 0 Å². The van der Waals surface area contributed by atoms with Gasteiger partial charge >= 0.3 is 0 Å². The van der Waals surface area contributed by atoms with Crippen LogP contribution in [0.5, 0.6) is 0 Å². The SMILES string of the molecule is Cc1cccc(C)c1CC(=O)C[n+]1c(C)ccc(-c2ccccc2)c1C.[Br-]. The molecule has 0 aliphatic rings. The molecule has 140 valence electrons. The predicted molar refractivity (Wildman–Crippen MR) is 106 cm³/mol. The minimum Gasteiger partial charge on any atom is -1.00 e. The molecule has 0 unspecified atom stereocenters. The molecule has 0 spiro atoms. The van der Waals surface area contributed by atoms with Gasteiger partial charge in [0.05, 0.1) is 0 Å². The molecule has 3 rings (SSSR count). The summed E-state index contributed by atoms with van der Waals surface area (Å²) in [5, 5.41) is 0. The van der Waals surface area contributed by atoms with Gasteiger partial charge in [-0.3, -0.25) is 4.79 Å². The molecule has 0 amide bonds. The fourth-order valence-corrected chi connectivity index (χ4v) is 3.55. The lowest BCUT2D eigenvalue weighted by atomic mass is 9.98. The maximum atomic E-state index is 12.8. The van der Waals surface area contributed by atoms with Crippen molar-refractivity contribution in [1.82, 2.24) is 0 Å². The van der Waals surface area contributed by atoms with Crippen LogP contribution in [-0.2, 0) is 17.8 Å². The van der Waals surface area contributed by atoms with Crippen molar-refractivity contribution >= 4 is 5.78 Å². The average Bonchev–Trinajstić information content (AvgIpc) is 2.63. The fourth-order valence-electron chi connectivity index (χ4n) is 3.55. The minimum atomic E-state index is 0. The zero-order valence-corrected chi connectivity index (χ0v) is 18.0. The molecule has 1 aromatic heterocycles. The largest absolute Gasteiger partial charge is 1.00 e. The molecule has 0 aliphatic carbocycles. The third-order valence-corrected chi connectivity index (χ3v) is 5.15. The van der Waals surface area contributed by atoms with Crippen LogP contribution in [0.1, 0.15) is 28.1 Å². The van der Waals surface area contributed by atoms with E-state index in [9.17, 15) is 4.79 Å². The summed E-state index contributed by atoms with van der Waals surface area (Å²) in [7, 11) is 0. The van der Waals surface area contributed by atoms with Crippen molar-refractivity contribution < 1.29 is 26.3 Å². The number of ketones is 1. The Morgan fingerprint density at radius 3 is 2.07 bits per heavy atom. The lowest BCUT2D eigenvalue weighted by Gasteiger charge is -2.11. The Kier molecular flexibility index (Phi) is 7.09. The highest BCUT2D eigenvalue weighted by Gasteiger charge is 2.20. The molecular weight excluding hydrogens is 398 g/mol. The van der Waals surface area contributed by atoms with Gasteiger partial charge in [0.1, 0.15) is 0 Å². The van der Waals surface area contributed by atoms with E-state index in [0.717, 1.165) is 17.0 Å². The number of halogens is 1. The van der Waals surface area contributed by atoms with Gasteiger partial charge in [-0.1, -0.05) is 48.5 Å². The van der Waals surface area contributed by atoms with Crippen LogP contribution in [0.3, 0.4) is 0 Å². The van der Waals surface area contributed by atoms with Gasteiger partial charge in [0.25, 0.3) is 0 Å². The lowest BCUT2D eigenvalue weighted by Crippen LogP contribution is -3.00. The van der Waals surface area contributed by atoms with Crippen LogP contribution >= 0.6 is 0 Å². The second-order valence-electron chi connectivity index (χ2n) is 7.01. The number of hydrogen-bond acceptors (Lipinski definition) is 1. The maximum absolute atomic E-state index is 12.8. The van der Waals surface area contributed by atoms with Crippen molar-refractivity contribution in [3.05, 3.63) is 88.7 Å². The zero-order valence-electron chi connectivity index (χ0n) is 16.4. The van der Waals surface area contributed by atoms with Gasteiger partial charge in [0, 0.05) is 31.9 Å². The van der Waals surface area contributed by atoms with E-state index < -0.39 is 0 Å². The quantitative estimate of drug-likeness (QED) is 0.572. The van der Waals surface area contributed by atoms with Gasteiger partial charge in [-0.05, 0) is 42.2 Å². The van der Waals surface area contributed by atoms with Gasteiger partial charge in [0.15, 0.2) is 11.4 Å². The summed E-state index contributed by atoms with van der Waals surface area (Å²) in [5.74, 6) is 0.240.